The van der Waals surface area contributed by atoms with Gasteiger partial charge in [0.05, 0.1) is 5.75 Å². The first-order chi connectivity index (χ1) is 8.38. The fourth-order valence-electron chi connectivity index (χ4n) is 2.21. The number of aryl methyl sites for hydroxylation is 1. The van der Waals surface area contributed by atoms with E-state index < -0.39 is 15.9 Å². The zero-order valence-electron chi connectivity index (χ0n) is 10.6. The van der Waals surface area contributed by atoms with E-state index in [-0.39, 0.29) is 5.75 Å². The van der Waals surface area contributed by atoms with E-state index in [0.29, 0.717) is 0 Å². The Hall–Kier alpha value is -1.39. The molecule has 0 saturated heterocycles. The van der Waals surface area contributed by atoms with Gasteiger partial charge < -0.3 is 5.73 Å². The minimum Gasteiger partial charge on any atom is -0.323 e. The highest BCUT2D eigenvalue weighted by Crippen LogP contribution is 2.26. The molecular formula is C14H17NO2S. The van der Waals surface area contributed by atoms with Crippen molar-refractivity contribution in [2.45, 2.75) is 13.0 Å². The molecule has 2 rings (SSSR count). The van der Waals surface area contributed by atoms with Crippen molar-refractivity contribution < 1.29 is 8.42 Å². The van der Waals surface area contributed by atoms with Crippen LogP contribution in [0.1, 0.15) is 17.2 Å². The molecule has 0 spiro atoms. The summed E-state index contributed by atoms with van der Waals surface area (Å²) in [7, 11) is -3.08. The molecule has 2 aromatic carbocycles. The number of fused-ring (bicyclic) bond motifs is 1. The van der Waals surface area contributed by atoms with Gasteiger partial charge >= 0.3 is 0 Å². The van der Waals surface area contributed by atoms with Crippen LogP contribution in [0.4, 0.5) is 0 Å². The van der Waals surface area contributed by atoms with Crippen LogP contribution in [0.2, 0.25) is 0 Å². The van der Waals surface area contributed by atoms with Crippen LogP contribution >= 0.6 is 0 Å². The van der Waals surface area contributed by atoms with Gasteiger partial charge in [-0.25, -0.2) is 8.42 Å². The predicted octanol–water partition coefficient (Wildman–Crippen LogP) is 2.19. The molecule has 1 unspecified atom stereocenters. The third kappa shape index (κ3) is 2.71. The fraction of sp³-hybridized carbons (Fsp3) is 0.286. The highest BCUT2D eigenvalue weighted by atomic mass is 32.2. The maximum atomic E-state index is 11.3. The number of hydrogen-bond donors (Lipinski definition) is 1. The van der Waals surface area contributed by atoms with Gasteiger partial charge in [0, 0.05) is 12.3 Å². The molecule has 0 aliphatic carbocycles. The topological polar surface area (TPSA) is 60.2 Å². The van der Waals surface area contributed by atoms with Crippen molar-refractivity contribution in [2.24, 2.45) is 5.73 Å². The summed E-state index contributed by atoms with van der Waals surface area (Å²) < 4.78 is 22.7. The van der Waals surface area contributed by atoms with Crippen LogP contribution in [0.15, 0.2) is 36.4 Å². The second-order valence-corrected chi connectivity index (χ2v) is 6.90. The zero-order chi connectivity index (χ0) is 13.3. The smallest absolute Gasteiger partial charge is 0.149 e. The minimum atomic E-state index is -3.08. The Bertz CT molecular complexity index is 677. The van der Waals surface area contributed by atoms with Gasteiger partial charge in [0.2, 0.25) is 0 Å². The lowest BCUT2D eigenvalue weighted by Gasteiger charge is -2.15. The lowest BCUT2D eigenvalue weighted by atomic mass is 9.97. The van der Waals surface area contributed by atoms with Crippen molar-refractivity contribution in [3.8, 4) is 0 Å². The van der Waals surface area contributed by atoms with Gasteiger partial charge in [-0.3, -0.25) is 0 Å². The van der Waals surface area contributed by atoms with Gasteiger partial charge in [-0.05, 0) is 28.8 Å². The summed E-state index contributed by atoms with van der Waals surface area (Å²) in [5.41, 5.74) is 8.08. The van der Waals surface area contributed by atoms with Crippen molar-refractivity contribution in [2.75, 3.05) is 12.0 Å². The molecule has 0 heterocycles. The van der Waals surface area contributed by atoms with E-state index in [1.807, 2.05) is 43.3 Å². The maximum absolute atomic E-state index is 11.3. The predicted molar refractivity (Wildman–Crippen MR) is 75.3 cm³/mol. The van der Waals surface area contributed by atoms with E-state index in [1.54, 1.807) is 0 Å². The summed E-state index contributed by atoms with van der Waals surface area (Å²) >= 11 is 0. The zero-order valence-corrected chi connectivity index (χ0v) is 11.4. The van der Waals surface area contributed by atoms with Crippen LogP contribution in [-0.4, -0.2) is 20.4 Å². The van der Waals surface area contributed by atoms with Crippen LogP contribution in [-0.2, 0) is 9.84 Å². The van der Waals surface area contributed by atoms with E-state index in [0.717, 1.165) is 16.3 Å². The molecule has 0 aromatic heterocycles. The SMILES string of the molecule is Cc1ccc(C(N)CS(C)(=O)=O)c2ccccc12. The lowest BCUT2D eigenvalue weighted by molar-refractivity contribution is 0.595. The van der Waals surface area contributed by atoms with Crippen molar-refractivity contribution in [1.29, 1.82) is 0 Å². The third-order valence-corrected chi connectivity index (χ3v) is 4.02. The van der Waals surface area contributed by atoms with E-state index in [9.17, 15) is 8.42 Å². The summed E-state index contributed by atoms with van der Waals surface area (Å²) in [5.74, 6) is -0.0277. The molecule has 0 fully saturated rings. The second-order valence-electron chi connectivity index (χ2n) is 4.72. The second kappa shape index (κ2) is 4.71. The summed E-state index contributed by atoms with van der Waals surface area (Å²) in [5, 5.41) is 2.16. The molecule has 96 valence electrons. The normalized spacial score (nSPS) is 13.7. The van der Waals surface area contributed by atoms with Crippen LogP contribution in [0.3, 0.4) is 0 Å². The first-order valence-corrected chi connectivity index (χ1v) is 7.86. The van der Waals surface area contributed by atoms with Crippen molar-refractivity contribution >= 4 is 20.6 Å². The Labute approximate surface area is 108 Å². The molecule has 18 heavy (non-hydrogen) atoms. The number of hydrogen-bond acceptors (Lipinski definition) is 3. The molecule has 0 aliphatic rings. The molecule has 2 N–H and O–H groups in total. The molecule has 2 aromatic rings. The van der Waals surface area contributed by atoms with Crippen LogP contribution in [0, 0.1) is 6.92 Å². The molecular weight excluding hydrogens is 246 g/mol. The third-order valence-electron chi connectivity index (χ3n) is 3.06. The Balaban J connectivity index is 2.55. The van der Waals surface area contributed by atoms with Crippen LogP contribution in [0.5, 0.6) is 0 Å². The number of nitrogens with two attached hydrogens (primary N) is 1. The Kier molecular flexibility index (Phi) is 3.41. The summed E-state index contributed by atoms with van der Waals surface area (Å²) in [6.07, 6.45) is 1.21. The average Bonchev–Trinajstić information content (AvgIpc) is 2.27. The summed E-state index contributed by atoms with van der Waals surface area (Å²) in [6.45, 7) is 2.04. The standard InChI is InChI=1S/C14H17NO2S/c1-10-7-8-13(14(15)9-18(2,16)17)12-6-4-3-5-11(10)12/h3-8,14H,9,15H2,1-2H3. The van der Waals surface area contributed by atoms with Gasteiger partial charge in [0.25, 0.3) is 0 Å². The molecule has 3 nitrogen and oxygen atoms in total. The minimum absolute atomic E-state index is 0.0277. The Morgan fingerprint density at radius 1 is 1.11 bits per heavy atom. The maximum Gasteiger partial charge on any atom is 0.149 e. The molecule has 0 aliphatic heterocycles. The summed E-state index contributed by atoms with van der Waals surface area (Å²) in [6, 6.07) is 11.4. The molecule has 0 amide bonds. The van der Waals surface area contributed by atoms with E-state index in [2.05, 4.69) is 0 Å². The monoisotopic (exact) mass is 263 g/mol. The van der Waals surface area contributed by atoms with Crippen LogP contribution in [0.25, 0.3) is 10.8 Å². The molecule has 0 radical (unpaired) electrons. The van der Waals surface area contributed by atoms with E-state index in [1.165, 1.54) is 11.8 Å². The Morgan fingerprint density at radius 2 is 1.72 bits per heavy atom. The van der Waals surface area contributed by atoms with Gasteiger partial charge in [0.15, 0.2) is 0 Å². The number of benzene rings is 2. The average molecular weight is 263 g/mol. The molecule has 1 atom stereocenters. The Morgan fingerprint density at radius 3 is 2.33 bits per heavy atom. The summed E-state index contributed by atoms with van der Waals surface area (Å²) in [4.78, 5) is 0. The van der Waals surface area contributed by atoms with Gasteiger partial charge in [-0.15, -0.1) is 0 Å². The lowest BCUT2D eigenvalue weighted by Crippen LogP contribution is -2.21. The number of sulfone groups is 1. The van der Waals surface area contributed by atoms with Crippen LogP contribution < -0.4 is 5.73 Å². The fourth-order valence-corrected chi connectivity index (χ4v) is 3.04. The number of rotatable bonds is 3. The van der Waals surface area contributed by atoms with Gasteiger partial charge in [-0.2, -0.15) is 0 Å². The van der Waals surface area contributed by atoms with E-state index >= 15 is 0 Å². The highest BCUT2D eigenvalue weighted by molar-refractivity contribution is 7.90. The first kappa shape index (κ1) is 13.1. The van der Waals surface area contributed by atoms with Gasteiger partial charge in [-0.1, -0.05) is 36.4 Å². The van der Waals surface area contributed by atoms with Gasteiger partial charge in [0.1, 0.15) is 9.84 Å². The molecule has 0 saturated carbocycles. The molecule has 0 bridgehead atoms. The quantitative estimate of drug-likeness (QED) is 0.923. The van der Waals surface area contributed by atoms with E-state index in [4.69, 9.17) is 5.73 Å². The largest absolute Gasteiger partial charge is 0.323 e. The van der Waals surface area contributed by atoms with Crippen molar-refractivity contribution in [3.05, 3.63) is 47.5 Å². The first-order valence-electron chi connectivity index (χ1n) is 5.80. The van der Waals surface area contributed by atoms with Crippen molar-refractivity contribution in [3.63, 3.8) is 0 Å². The van der Waals surface area contributed by atoms with Crippen molar-refractivity contribution in [1.82, 2.24) is 0 Å². The molecule has 4 heteroatoms. The highest BCUT2D eigenvalue weighted by Gasteiger charge is 2.15.